The highest BCUT2D eigenvalue weighted by molar-refractivity contribution is 5.86. The van der Waals surface area contributed by atoms with Crippen LogP contribution in [0.5, 0.6) is 0 Å². The number of aromatic nitrogens is 1. The molecule has 0 unspecified atom stereocenters. The predicted octanol–water partition coefficient (Wildman–Crippen LogP) is 2.53. The van der Waals surface area contributed by atoms with Gasteiger partial charge in [-0.15, -0.1) is 0 Å². The molecule has 0 aliphatic rings. The minimum Gasteiger partial charge on any atom is -0.361 e. The smallest absolute Gasteiger partial charge is 0.241 e. The summed E-state index contributed by atoms with van der Waals surface area (Å²) in [5.41, 5.74) is 3.53. The van der Waals surface area contributed by atoms with Gasteiger partial charge in [0.2, 0.25) is 5.91 Å². The van der Waals surface area contributed by atoms with Crippen molar-refractivity contribution in [2.45, 2.75) is 13.0 Å². The van der Waals surface area contributed by atoms with Gasteiger partial charge in [-0.2, -0.15) is 0 Å². The summed E-state index contributed by atoms with van der Waals surface area (Å²) in [6.45, 7) is 1.48. The molecule has 0 aliphatic carbocycles. The van der Waals surface area contributed by atoms with E-state index in [2.05, 4.69) is 38.9 Å². The molecule has 6 nitrogen and oxygen atoms in total. The number of para-hydroxylation sites is 1. The summed E-state index contributed by atoms with van der Waals surface area (Å²) in [7, 11) is 3.49. The second-order valence-electron chi connectivity index (χ2n) is 6.83. The number of likely N-dealkylation sites (N-methyl/N-ethyl adjacent to an activating group) is 1. The van der Waals surface area contributed by atoms with Crippen molar-refractivity contribution in [3.05, 3.63) is 71.9 Å². The molecule has 28 heavy (non-hydrogen) atoms. The Morgan fingerprint density at radius 1 is 1.04 bits per heavy atom. The zero-order chi connectivity index (χ0) is 19.8. The van der Waals surface area contributed by atoms with Crippen LogP contribution in [0.2, 0.25) is 0 Å². The first-order valence-corrected chi connectivity index (χ1v) is 9.45. The lowest BCUT2D eigenvalue weighted by Crippen LogP contribution is -2.43. The number of guanidine groups is 1. The molecule has 2 aromatic carbocycles. The number of aliphatic imine (C=N–C) groups is 1. The molecule has 1 aromatic heterocycles. The van der Waals surface area contributed by atoms with E-state index in [0.717, 1.165) is 24.0 Å². The number of amides is 1. The van der Waals surface area contributed by atoms with E-state index in [-0.39, 0.29) is 12.5 Å². The Balaban J connectivity index is 1.61. The molecule has 3 N–H and O–H groups in total. The van der Waals surface area contributed by atoms with Gasteiger partial charge in [-0.1, -0.05) is 48.5 Å². The lowest BCUT2D eigenvalue weighted by atomic mass is 10.1. The maximum absolute atomic E-state index is 11.9. The lowest BCUT2D eigenvalue weighted by Gasteiger charge is -2.15. The minimum atomic E-state index is 0.00541. The van der Waals surface area contributed by atoms with E-state index < -0.39 is 0 Å². The largest absolute Gasteiger partial charge is 0.361 e. The van der Waals surface area contributed by atoms with Gasteiger partial charge in [0.25, 0.3) is 0 Å². The third kappa shape index (κ3) is 5.36. The summed E-state index contributed by atoms with van der Waals surface area (Å²) in [6.07, 6.45) is 2.91. The van der Waals surface area contributed by atoms with Gasteiger partial charge in [-0.25, -0.2) is 4.99 Å². The van der Waals surface area contributed by atoms with Crippen LogP contribution < -0.4 is 10.6 Å². The molecule has 0 aliphatic heterocycles. The summed E-state index contributed by atoms with van der Waals surface area (Å²) in [4.78, 5) is 21.4. The first kappa shape index (κ1) is 19.5. The number of nitrogens with one attached hydrogen (secondary N) is 3. The maximum Gasteiger partial charge on any atom is 0.241 e. The van der Waals surface area contributed by atoms with Crippen molar-refractivity contribution in [2.24, 2.45) is 4.99 Å². The summed E-state index contributed by atoms with van der Waals surface area (Å²) in [5, 5.41) is 7.71. The molecule has 0 radical (unpaired) electrons. The summed E-state index contributed by atoms with van der Waals surface area (Å²) in [5.74, 6) is 0.643. The van der Waals surface area contributed by atoms with Crippen LogP contribution in [0.3, 0.4) is 0 Å². The molecule has 3 rings (SSSR count). The van der Waals surface area contributed by atoms with Crippen LogP contribution in [0.4, 0.5) is 0 Å². The quantitative estimate of drug-likeness (QED) is 0.438. The van der Waals surface area contributed by atoms with Crippen molar-refractivity contribution >= 4 is 22.8 Å². The molecule has 0 spiro atoms. The van der Waals surface area contributed by atoms with E-state index >= 15 is 0 Å². The fourth-order valence-corrected chi connectivity index (χ4v) is 2.90. The number of nitrogens with zero attached hydrogens (tertiary/aromatic N) is 2. The van der Waals surface area contributed by atoms with Gasteiger partial charge in [-0.3, -0.25) is 4.79 Å². The third-order valence-corrected chi connectivity index (χ3v) is 4.53. The molecule has 1 amide bonds. The van der Waals surface area contributed by atoms with Crippen LogP contribution in [-0.4, -0.2) is 48.9 Å². The zero-order valence-corrected chi connectivity index (χ0v) is 16.4. The van der Waals surface area contributed by atoms with Crippen LogP contribution in [0.15, 0.2) is 65.8 Å². The van der Waals surface area contributed by atoms with E-state index in [1.54, 1.807) is 19.0 Å². The molecule has 6 heteroatoms. The molecule has 0 saturated carbocycles. The number of H-pyrrole nitrogens is 1. The van der Waals surface area contributed by atoms with Crippen LogP contribution >= 0.6 is 0 Å². The van der Waals surface area contributed by atoms with Crippen molar-refractivity contribution in [1.82, 2.24) is 20.5 Å². The van der Waals surface area contributed by atoms with Gasteiger partial charge in [0.05, 0.1) is 13.1 Å². The van der Waals surface area contributed by atoms with Gasteiger partial charge in [0.1, 0.15) is 0 Å². The van der Waals surface area contributed by atoms with Gasteiger partial charge in [0, 0.05) is 37.7 Å². The van der Waals surface area contributed by atoms with E-state index in [1.165, 1.54) is 10.9 Å². The van der Waals surface area contributed by atoms with Crippen molar-refractivity contribution in [2.75, 3.05) is 27.2 Å². The Kier molecular flexibility index (Phi) is 6.68. The Hall–Kier alpha value is -3.28. The molecular formula is C22H27N5O. The highest BCUT2D eigenvalue weighted by atomic mass is 16.2. The fourth-order valence-electron chi connectivity index (χ4n) is 2.90. The summed E-state index contributed by atoms with van der Waals surface area (Å²) in [6, 6.07) is 18.3. The third-order valence-electron chi connectivity index (χ3n) is 4.53. The Morgan fingerprint density at radius 2 is 1.79 bits per heavy atom. The number of aromatic amines is 1. The Bertz CT molecular complexity index is 930. The lowest BCUT2D eigenvalue weighted by molar-refractivity contribution is -0.127. The average molecular weight is 377 g/mol. The molecule has 0 bridgehead atoms. The summed E-state index contributed by atoms with van der Waals surface area (Å²) < 4.78 is 0. The van der Waals surface area contributed by atoms with E-state index in [1.807, 2.05) is 42.5 Å². The van der Waals surface area contributed by atoms with Crippen molar-refractivity contribution in [3.8, 4) is 0 Å². The van der Waals surface area contributed by atoms with Crippen molar-refractivity contribution in [3.63, 3.8) is 0 Å². The molecule has 146 valence electrons. The first-order valence-electron chi connectivity index (χ1n) is 9.45. The number of hydrogen-bond acceptors (Lipinski definition) is 2. The highest BCUT2D eigenvalue weighted by Gasteiger charge is 2.07. The average Bonchev–Trinajstić information content (AvgIpc) is 3.13. The number of hydrogen-bond donors (Lipinski definition) is 3. The van der Waals surface area contributed by atoms with Gasteiger partial charge >= 0.3 is 0 Å². The SMILES string of the molecule is CN(C)C(=O)CNC(=NCc1ccccc1)NCCc1c[nH]c2ccccc12. The number of rotatable bonds is 7. The number of carbonyl (C=O) groups excluding carboxylic acids is 1. The zero-order valence-electron chi connectivity index (χ0n) is 16.4. The summed E-state index contributed by atoms with van der Waals surface area (Å²) >= 11 is 0. The topological polar surface area (TPSA) is 72.5 Å². The van der Waals surface area contributed by atoms with Crippen LogP contribution in [0.1, 0.15) is 11.1 Å². The predicted molar refractivity (Wildman–Crippen MR) is 114 cm³/mol. The van der Waals surface area contributed by atoms with Crippen molar-refractivity contribution in [1.29, 1.82) is 0 Å². The normalized spacial score (nSPS) is 11.4. The first-order chi connectivity index (χ1) is 13.6. The van der Waals surface area contributed by atoms with Gasteiger partial charge in [0.15, 0.2) is 5.96 Å². The number of fused-ring (bicyclic) bond motifs is 1. The second kappa shape index (κ2) is 9.60. The minimum absolute atomic E-state index is 0.00541. The van der Waals surface area contributed by atoms with Crippen LogP contribution in [-0.2, 0) is 17.8 Å². The van der Waals surface area contributed by atoms with Crippen molar-refractivity contribution < 1.29 is 4.79 Å². The molecule has 3 aromatic rings. The molecule has 0 atom stereocenters. The Morgan fingerprint density at radius 3 is 2.57 bits per heavy atom. The molecule has 0 saturated heterocycles. The number of carbonyl (C=O) groups is 1. The monoisotopic (exact) mass is 377 g/mol. The standard InChI is InChI=1S/C22H27N5O/c1-27(2)21(28)16-26-22(25-14-17-8-4-3-5-9-17)23-13-12-18-15-24-20-11-7-6-10-19(18)20/h3-11,15,24H,12-14,16H2,1-2H3,(H2,23,25,26). The van der Waals surface area contributed by atoms with Crippen LogP contribution in [0.25, 0.3) is 10.9 Å². The van der Waals surface area contributed by atoms with Gasteiger partial charge < -0.3 is 20.5 Å². The van der Waals surface area contributed by atoms with Crippen LogP contribution in [0, 0.1) is 0 Å². The highest BCUT2D eigenvalue weighted by Crippen LogP contribution is 2.17. The van der Waals surface area contributed by atoms with E-state index in [4.69, 9.17) is 0 Å². The second-order valence-corrected chi connectivity index (χ2v) is 6.83. The fraction of sp³-hybridized carbons (Fsp3) is 0.273. The van der Waals surface area contributed by atoms with E-state index in [0.29, 0.717) is 12.5 Å². The maximum atomic E-state index is 11.9. The van der Waals surface area contributed by atoms with E-state index in [9.17, 15) is 4.79 Å². The Labute approximate surface area is 165 Å². The molecular weight excluding hydrogens is 350 g/mol. The molecule has 0 fully saturated rings. The van der Waals surface area contributed by atoms with Gasteiger partial charge in [-0.05, 0) is 23.6 Å². The molecule has 1 heterocycles. The number of benzene rings is 2.